The quantitative estimate of drug-likeness (QED) is 0.599. The highest BCUT2D eigenvalue weighted by Gasteiger charge is 2.39. The Morgan fingerprint density at radius 1 is 1.10 bits per heavy atom. The van der Waals surface area contributed by atoms with Crippen molar-refractivity contribution in [1.29, 1.82) is 0 Å². The molecule has 0 rings (SSSR count). The van der Waals surface area contributed by atoms with Crippen molar-refractivity contribution in [2.75, 3.05) is 19.0 Å². The van der Waals surface area contributed by atoms with Gasteiger partial charge in [-0.1, -0.05) is 34.6 Å². The number of aliphatic carboxylic acids is 1. The third-order valence-corrected chi connectivity index (χ3v) is 10.7. The molecule has 9 heteroatoms. The molecule has 21 heavy (non-hydrogen) atoms. The summed E-state index contributed by atoms with van der Waals surface area (Å²) < 4.78 is 35.7. The Morgan fingerprint density at radius 2 is 1.48 bits per heavy atom. The first kappa shape index (κ1) is 21.0. The number of carboxylic acids is 1. The molecular weight excluding hydrogens is 335 g/mol. The van der Waals surface area contributed by atoms with Crippen LogP contribution in [0.4, 0.5) is 0 Å². The van der Waals surface area contributed by atoms with E-state index in [1.807, 2.05) is 27.7 Å². The molecule has 126 valence electrons. The summed E-state index contributed by atoms with van der Waals surface area (Å²) in [6, 6.07) is 0. The Labute approximate surface area is 132 Å². The van der Waals surface area contributed by atoms with Crippen molar-refractivity contribution in [3.05, 3.63) is 0 Å². The number of carboxylic acid groups (broad SMARTS) is 1. The van der Waals surface area contributed by atoms with Crippen LogP contribution in [0, 0.1) is 17.8 Å². The van der Waals surface area contributed by atoms with E-state index in [2.05, 4.69) is 0 Å². The zero-order valence-corrected chi connectivity index (χ0v) is 15.6. The largest absolute Gasteiger partial charge is 0.481 e. The lowest BCUT2D eigenvalue weighted by molar-refractivity contribution is -0.140. The van der Waals surface area contributed by atoms with E-state index in [0.29, 0.717) is 0 Å². The van der Waals surface area contributed by atoms with Crippen LogP contribution >= 0.6 is 5.69 Å². The van der Waals surface area contributed by atoms with E-state index in [1.54, 1.807) is 0 Å². The van der Waals surface area contributed by atoms with Gasteiger partial charge in [0, 0.05) is 0 Å². The smallest absolute Gasteiger partial charge is 0.307 e. The van der Waals surface area contributed by atoms with Crippen LogP contribution in [0.5, 0.6) is 0 Å². The highest BCUT2D eigenvalue weighted by Crippen LogP contribution is 2.56. The second-order valence-corrected chi connectivity index (χ2v) is 14.0. The summed E-state index contributed by atoms with van der Waals surface area (Å²) in [5.41, 5.74) is -3.58. The first-order chi connectivity index (χ1) is 9.41. The van der Waals surface area contributed by atoms with E-state index in [-0.39, 0.29) is 25.0 Å². The fourth-order valence-electron chi connectivity index (χ4n) is 1.16. The van der Waals surface area contributed by atoms with Crippen LogP contribution < -0.4 is 0 Å². The molecule has 0 spiro atoms. The van der Waals surface area contributed by atoms with E-state index >= 15 is 0 Å². The fourth-order valence-corrected chi connectivity index (χ4v) is 6.93. The summed E-state index contributed by atoms with van der Waals surface area (Å²) in [6.07, 6.45) is 0. The predicted octanol–water partition coefficient (Wildman–Crippen LogP) is 2.69. The van der Waals surface area contributed by atoms with Crippen LogP contribution in [0.1, 0.15) is 34.6 Å². The normalized spacial score (nSPS) is 14.6. The Morgan fingerprint density at radius 3 is 1.76 bits per heavy atom. The molecule has 0 aliphatic rings. The maximum atomic E-state index is 12.4. The topological polar surface area (TPSA) is 89.9 Å². The number of hydrogen-bond acceptors (Lipinski definition) is 6. The molecule has 0 amide bonds. The minimum atomic E-state index is -3.96. The summed E-state index contributed by atoms with van der Waals surface area (Å²) in [5.74, 6) is -2.62. The average molecular weight is 360 g/mol. The molecular formula is C12H25O6PS2. The Kier molecular flexibility index (Phi) is 8.57. The molecule has 0 aromatic carbocycles. The predicted molar refractivity (Wildman–Crippen MR) is 86.5 cm³/mol. The second-order valence-electron chi connectivity index (χ2n) is 5.81. The minimum absolute atomic E-state index is 0.0991. The first-order valence-corrected chi connectivity index (χ1v) is 11.7. The fraction of sp³-hybridized carbons (Fsp3) is 0.917. The molecule has 0 bridgehead atoms. The van der Waals surface area contributed by atoms with Crippen LogP contribution in [0.3, 0.4) is 0 Å². The molecule has 0 heterocycles. The van der Waals surface area contributed by atoms with Crippen LogP contribution in [-0.4, -0.2) is 38.5 Å². The van der Waals surface area contributed by atoms with Crippen molar-refractivity contribution in [1.82, 2.24) is 0 Å². The maximum absolute atomic E-state index is 12.4. The van der Waals surface area contributed by atoms with E-state index in [0.717, 1.165) is 0 Å². The van der Waals surface area contributed by atoms with E-state index in [1.165, 1.54) is 6.92 Å². The van der Waals surface area contributed by atoms with Gasteiger partial charge in [0.15, 0.2) is 0 Å². The molecule has 1 atom stereocenters. The number of hydrogen-bond donors (Lipinski definition) is 1. The van der Waals surface area contributed by atoms with Crippen molar-refractivity contribution < 1.29 is 27.4 Å². The van der Waals surface area contributed by atoms with Gasteiger partial charge in [-0.25, -0.2) is 8.42 Å². The summed E-state index contributed by atoms with van der Waals surface area (Å²) in [4.78, 5) is 10.9. The third kappa shape index (κ3) is 7.19. The lowest BCUT2D eigenvalue weighted by Gasteiger charge is -2.24. The van der Waals surface area contributed by atoms with Gasteiger partial charge in [-0.2, -0.15) is 0 Å². The van der Waals surface area contributed by atoms with E-state index in [9.17, 15) is 13.2 Å². The highest BCUT2D eigenvalue weighted by atomic mass is 33.0. The molecule has 0 saturated heterocycles. The zero-order valence-electron chi connectivity index (χ0n) is 13.1. The van der Waals surface area contributed by atoms with Crippen LogP contribution in [0.15, 0.2) is 0 Å². The van der Waals surface area contributed by atoms with E-state index < -0.39 is 32.8 Å². The molecule has 0 aliphatic heterocycles. The van der Waals surface area contributed by atoms with Gasteiger partial charge in [0.25, 0.3) is 0 Å². The maximum Gasteiger partial charge on any atom is 0.307 e. The van der Waals surface area contributed by atoms with Gasteiger partial charge in [-0.05, 0) is 23.6 Å². The second kappa shape index (κ2) is 8.58. The molecule has 0 aromatic heterocycles. The van der Waals surface area contributed by atoms with Crippen LogP contribution in [0.2, 0.25) is 0 Å². The summed E-state index contributed by atoms with van der Waals surface area (Å²) in [6.45, 7) is 9.13. The molecule has 0 aromatic rings. The number of carbonyl (C=O) groups is 1. The highest BCUT2D eigenvalue weighted by molar-refractivity contribution is 8.63. The lowest BCUT2D eigenvalue weighted by atomic mass is 10.2. The SMILES string of the molecule is CC(C)COP(=S)(OCC(C)C)S(=O)(=O)CC(C)C(=O)O. The van der Waals surface area contributed by atoms with Crippen molar-refractivity contribution >= 4 is 32.9 Å². The Hall–Kier alpha value is -0.0100. The van der Waals surface area contributed by atoms with Crippen molar-refractivity contribution in [3.8, 4) is 0 Å². The first-order valence-electron chi connectivity index (χ1n) is 6.76. The molecule has 0 aliphatic carbocycles. The number of rotatable bonds is 10. The van der Waals surface area contributed by atoms with Gasteiger partial charge in [0.1, 0.15) is 0 Å². The average Bonchev–Trinajstić information content (AvgIpc) is 2.32. The molecule has 1 N–H and O–H groups in total. The monoisotopic (exact) mass is 360 g/mol. The summed E-state index contributed by atoms with van der Waals surface area (Å²) in [5, 5.41) is 8.88. The van der Waals surface area contributed by atoms with E-state index in [4.69, 9.17) is 26.0 Å². The van der Waals surface area contributed by atoms with Gasteiger partial charge in [0.05, 0.1) is 24.9 Å². The van der Waals surface area contributed by atoms with Gasteiger partial charge in [-0.3, -0.25) is 4.79 Å². The summed E-state index contributed by atoms with van der Waals surface area (Å²) in [7, 11) is -3.96. The van der Waals surface area contributed by atoms with Gasteiger partial charge >= 0.3 is 11.7 Å². The van der Waals surface area contributed by atoms with Gasteiger partial charge < -0.3 is 14.2 Å². The van der Waals surface area contributed by atoms with Crippen LogP contribution in [-0.2, 0) is 35.1 Å². The van der Waals surface area contributed by atoms with Crippen molar-refractivity contribution in [2.24, 2.45) is 17.8 Å². The van der Waals surface area contributed by atoms with Gasteiger partial charge in [0.2, 0.25) is 9.46 Å². The van der Waals surface area contributed by atoms with Crippen molar-refractivity contribution in [2.45, 2.75) is 34.6 Å². The molecule has 6 nitrogen and oxygen atoms in total. The van der Waals surface area contributed by atoms with Gasteiger partial charge in [-0.15, -0.1) is 0 Å². The van der Waals surface area contributed by atoms with Crippen LogP contribution in [0.25, 0.3) is 0 Å². The Bertz CT molecular complexity index is 470. The third-order valence-electron chi connectivity index (χ3n) is 2.35. The zero-order chi connectivity index (χ0) is 16.8. The lowest BCUT2D eigenvalue weighted by Crippen LogP contribution is -2.23. The molecule has 0 radical (unpaired) electrons. The Balaban J connectivity index is 5.25. The van der Waals surface area contributed by atoms with Crippen molar-refractivity contribution in [3.63, 3.8) is 0 Å². The minimum Gasteiger partial charge on any atom is -0.481 e. The summed E-state index contributed by atoms with van der Waals surface area (Å²) >= 11 is 5.17. The molecule has 0 fully saturated rings. The molecule has 0 saturated carbocycles. The molecule has 1 unspecified atom stereocenters. The standard InChI is InChI=1S/C12H25O6PS2/c1-9(2)6-17-19(20,18-7-10(3)4)21(15,16)8-11(5)12(13)14/h9-11H,6-8H2,1-5H3,(H,13,14).